The minimum atomic E-state index is -1.59. The van der Waals surface area contributed by atoms with Gasteiger partial charge in [0.25, 0.3) is 0 Å². The number of nitrogens with two attached hydrogens (primary N) is 1. The van der Waals surface area contributed by atoms with E-state index in [2.05, 4.69) is 4.74 Å². The highest BCUT2D eigenvalue weighted by molar-refractivity contribution is 4.85. The molecule has 0 aromatic rings. The number of halogens is 1. The van der Waals surface area contributed by atoms with E-state index < -0.39 is 24.6 Å². The molecule has 0 saturated carbocycles. The summed E-state index contributed by atoms with van der Waals surface area (Å²) in [5.41, 5.74) is 5.10. The lowest BCUT2D eigenvalue weighted by Crippen LogP contribution is -2.55. The van der Waals surface area contributed by atoms with Gasteiger partial charge >= 0.3 is 0 Å². The van der Waals surface area contributed by atoms with E-state index in [0.29, 0.717) is 0 Å². The van der Waals surface area contributed by atoms with E-state index in [1.807, 2.05) is 0 Å². The molecule has 0 aromatic carbocycles. The van der Waals surface area contributed by atoms with Crippen LogP contribution in [0.1, 0.15) is 0 Å². The van der Waals surface area contributed by atoms with Crippen LogP contribution >= 0.6 is 0 Å². The highest BCUT2D eigenvalue weighted by Gasteiger charge is 2.36. The molecule has 1 unspecified atom stereocenters. The molecular formula is C5H10FNO3. The first-order valence-electron chi connectivity index (χ1n) is 3.00. The van der Waals surface area contributed by atoms with Crippen LogP contribution in [0.3, 0.4) is 0 Å². The van der Waals surface area contributed by atoms with Gasteiger partial charge in [0.1, 0.15) is 12.3 Å². The summed E-state index contributed by atoms with van der Waals surface area (Å²) in [6.07, 6.45) is -4.10. The zero-order valence-electron chi connectivity index (χ0n) is 5.27. The van der Waals surface area contributed by atoms with Crippen molar-refractivity contribution in [2.24, 2.45) is 5.73 Å². The SMILES string of the molecule is N[C@H]1C(O)OC[C@@H](O)[C@@H]1F. The van der Waals surface area contributed by atoms with Crippen molar-refractivity contribution in [3.05, 3.63) is 0 Å². The smallest absolute Gasteiger partial charge is 0.172 e. The van der Waals surface area contributed by atoms with Crippen molar-refractivity contribution in [1.82, 2.24) is 0 Å². The van der Waals surface area contributed by atoms with Gasteiger partial charge in [0.15, 0.2) is 6.29 Å². The fourth-order valence-electron chi connectivity index (χ4n) is 0.814. The van der Waals surface area contributed by atoms with Crippen LogP contribution in [0.25, 0.3) is 0 Å². The third-order valence-corrected chi connectivity index (χ3v) is 1.50. The highest BCUT2D eigenvalue weighted by Crippen LogP contribution is 2.14. The lowest BCUT2D eigenvalue weighted by atomic mass is 10.1. The second-order valence-electron chi connectivity index (χ2n) is 2.31. The predicted octanol–water partition coefficient (Wildman–Crippen LogP) is -1.64. The van der Waals surface area contributed by atoms with Gasteiger partial charge < -0.3 is 20.7 Å². The molecule has 1 rings (SSSR count). The van der Waals surface area contributed by atoms with Crippen LogP contribution < -0.4 is 5.73 Å². The van der Waals surface area contributed by atoms with Crippen molar-refractivity contribution in [2.75, 3.05) is 6.61 Å². The Morgan fingerprint density at radius 2 is 2.10 bits per heavy atom. The van der Waals surface area contributed by atoms with E-state index in [0.717, 1.165) is 0 Å². The van der Waals surface area contributed by atoms with E-state index in [4.69, 9.17) is 15.9 Å². The van der Waals surface area contributed by atoms with Gasteiger partial charge in [0.2, 0.25) is 0 Å². The van der Waals surface area contributed by atoms with Crippen LogP contribution in [0.15, 0.2) is 0 Å². The molecule has 0 radical (unpaired) electrons. The Labute approximate surface area is 57.4 Å². The third kappa shape index (κ3) is 1.27. The highest BCUT2D eigenvalue weighted by atomic mass is 19.1. The van der Waals surface area contributed by atoms with Crippen molar-refractivity contribution >= 4 is 0 Å². The van der Waals surface area contributed by atoms with Crippen LogP contribution in [-0.2, 0) is 4.74 Å². The summed E-state index contributed by atoms with van der Waals surface area (Å²) in [5, 5.41) is 17.5. The topological polar surface area (TPSA) is 75.7 Å². The Balaban J connectivity index is 2.52. The van der Waals surface area contributed by atoms with Gasteiger partial charge in [-0.25, -0.2) is 4.39 Å². The zero-order valence-corrected chi connectivity index (χ0v) is 5.27. The van der Waals surface area contributed by atoms with Crippen molar-refractivity contribution in [2.45, 2.75) is 24.6 Å². The fraction of sp³-hybridized carbons (Fsp3) is 1.00. The molecule has 0 aliphatic carbocycles. The second-order valence-corrected chi connectivity index (χ2v) is 2.31. The van der Waals surface area contributed by atoms with E-state index in [1.165, 1.54) is 0 Å². The Bertz CT molecular complexity index is 109. The van der Waals surface area contributed by atoms with Crippen LogP contribution in [0, 0.1) is 0 Å². The van der Waals surface area contributed by atoms with E-state index >= 15 is 0 Å². The molecule has 4 N–H and O–H groups in total. The quantitative estimate of drug-likeness (QED) is 0.388. The molecule has 1 fully saturated rings. The summed E-state index contributed by atoms with van der Waals surface area (Å²) >= 11 is 0. The van der Waals surface area contributed by atoms with Crippen molar-refractivity contribution < 1.29 is 19.3 Å². The molecule has 1 aliphatic rings. The van der Waals surface area contributed by atoms with Crippen molar-refractivity contribution in [3.63, 3.8) is 0 Å². The van der Waals surface area contributed by atoms with E-state index in [1.54, 1.807) is 0 Å². The van der Waals surface area contributed by atoms with E-state index in [-0.39, 0.29) is 6.61 Å². The summed E-state index contributed by atoms with van der Waals surface area (Å²) in [6, 6.07) is -1.14. The second kappa shape index (κ2) is 2.79. The minimum Gasteiger partial charge on any atom is -0.388 e. The lowest BCUT2D eigenvalue weighted by Gasteiger charge is -2.31. The van der Waals surface area contributed by atoms with Crippen LogP contribution in [-0.4, -0.2) is 41.4 Å². The molecule has 0 aromatic heterocycles. The number of ether oxygens (including phenoxy) is 1. The Hall–Kier alpha value is -0.230. The third-order valence-electron chi connectivity index (χ3n) is 1.50. The normalized spacial score (nSPS) is 49.2. The van der Waals surface area contributed by atoms with Gasteiger partial charge in [-0.3, -0.25) is 0 Å². The van der Waals surface area contributed by atoms with Gasteiger partial charge in [-0.1, -0.05) is 0 Å². The largest absolute Gasteiger partial charge is 0.388 e. The molecule has 1 aliphatic heterocycles. The number of aliphatic hydroxyl groups excluding tert-OH is 2. The minimum absolute atomic E-state index is 0.198. The molecule has 5 heteroatoms. The molecule has 0 bridgehead atoms. The van der Waals surface area contributed by atoms with Crippen LogP contribution in [0.5, 0.6) is 0 Å². The summed E-state index contributed by atoms with van der Waals surface area (Å²) in [5.74, 6) is 0. The lowest BCUT2D eigenvalue weighted by molar-refractivity contribution is -0.191. The molecule has 4 atom stereocenters. The summed E-state index contributed by atoms with van der Waals surface area (Å²) in [4.78, 5) is 0. The first-order chi connectivity index (χ1) is 4.63. The van der Waals surface area contributed by atoms with E-state index in [9.17, 15) is 4.39 Å². The number of aliphatic hydroxyl groups is 2. The first kappa shape index (κ1) is 7.87. The van der Waals surface area contributed by atoms with Crippen molar-refractivity contribution in [1.29, 1.82) is 0 Å². The standard InChI is InChI=1S/C5H10FNO3/c6-3-2(8)1-10-5(9)4(3)7/h2-5,8-9H,1,7H2/t2-,3+,4-,5?/m1/s1. The Morgan fingerprint density at radius 3 is 2.60 bits per heavy atom. The van der Waals surface area contributed by atoms with Crippen molar-refractivity contribution in [3.8, 4) is 0 Å². The molecule has 0 spiro atoms. The molecule has 1 saturated heterocycles. The van der Waals surface area contributed by atoms with Gasteiger partial charge in [-0.05, 0) is 0 Å². The number of hydrogen-bond donors (Lipinski definition) is 3. The molecule has 60 valence electrons. The maximum atomic E-state index is 12.6. The maximum absolute atomic E-state index is 12.6. The van der Waals surface area contributed by atoms with Gasteiger partial charge in [0.05, 0.1) is 12.6 Å². The average Bonchev–Trinajstić information content (AvgIpc) is 1.93. The summed E-state index contributed by atoms with van der Waals surface area (Å²) < 4.78 is 17.1. The first-order valence-corrected chi connectivity index (χ1v) is 3.00. The van der Waals surface area contributed by atoms with Gasteiger partial charge in [-0.15, -0.1) is 0 Å². The van der Waals surface area contributed by atoms with Crippen LogP contribution in [0.4, 0.5) is 4.39 Å². The number of rotatable bonds is 0. The summed E-state index contributed by atoms with van der Waals surface area (Å²) in [7, 11) is 0. The summed E-state index contributed by atoms with van der Waals surface area (Å²) in [6.45, 7) is -0.198. The van der Waals surface area contributed by atoms with Gasteiger partial charge in [-0.2, -0.15) is 0 Å². The molecule has 1 heterocycles. The molecular weight excluding hydrogens is 141 g/mol. The molecule has 0 amide bonds. The average molecular weight is 151 g/mol. The van der Waals surface area contributed by atoms with Crippen LogP contribution in [0.2, 0.25) is 0 Å². The predicted molar refractivity (Wildman–Crippen MR) is 30.8 cm³/mol. The monoisotopic (exact) mass is 151 g/mol. The Morgan fingerprint density at radius 1 is 1.50 bits per heavy atom. The molecule has 4 nitrogen and oxygen atoms in total. The zero-order chi connectivity index (χ0) is 7.72. The fourth-order valence-corrected chi connectivity index (χ4v) is 0.814. The Kier molecular flexibility index (Phi) is 2.20. The number of alkyl halides is 1. The maximum Gasteiger partial charge on any atom is 0.172 e. The molecule has 10 heavy (non-hydrogen) atoms. The number of hydrogen-bond acceptors (Lipinski definition) is 4. The van der Waals surface area contributed by atoms with Gasteiger partial charge in [0, 0.05) is 0 Å².